The van der Waals surface area contributed by atoms with Gasteiger partial charge in [0.15, 0.2) is 11.5 Å². The largest absolute Gasteiger partial charge is 0.454 e. The van der Waals surface area contributed by atoms with Crippen LogP contribution in [0, 0.1) is 0 Å². The van der Waals surface area contributed by atoms with Gasteiger partial charge in [-0.3, -0.25) is 13.9 Å². The summed E-state index contributed by atoms with van der Waals surface area (Å²) in [5.74, 6) is -0.123. The van der Waals surface area contributed by atoms with Crippen molar-refractivity contribution in [3.05, 3.63) is 53.1 Å². The molecule has 2 aromatic carbocycles. The van der Waals surface area contributed by atoms with Gasteiger partial charge in [0.1, 0.15) is 12.6 Å². The van der Waals surface area contributed by atoms with Crippen LogP contribution >= 0.6 is 11.6 Å². The highest BCUT2D eigenvalue weighted by Gasteiger charge is 2.33. The monoisotopic (exact) mass is 537 g/mol. The number of hydrogen-bond donors (Lipinski definition) is 1. The molecule has 1 unspecified atom stereocenters. The molecule has 0 aliphatic carbocycles. The van der Waals surface area contributed by atoms with Crippen LogP contribution in [0.2, 0.25) is 5.02 Å². The molecule has 11 heteroatoms. The number of carbonyl (C=O) groups is 2. The van der Waals surface area contributed by atoms with Crippen molar-refractivity contribution >= 4 is 39.1 Å². The van der Waals surface area contributed by atoms with Crippen LogP contribution < -0.4 is 19.1 Å². The summed E-state index contributed by atoms with van der Waals surface area (Å²) in [4.78, 5) is 28.2. The highest BCUT2D eigenvalue weighted by atomic mass is 35.5. The number of amides is 2. The lowest BCUT2D eigenvalue weighted by atomic mass is 10.1. The maximum Gasteiger partial charge on any atom is 0.244 e. The fraction of sp³-hybridized carbons (Fsp3) is 0.440. The van der Waals surface area contributed by atoms with Crippen LogP contribution in [0.1, 0.15) is 39.7 Å². The maximum atomic E-state index is 13.7. The molecule has 0 fully saturated rings. The highest BCUT2D eigenvalue weighted by molar-refractivity contribution is 7.92. The molecule has 0 spiro atoms. The van der Waals surface area contributed by atoms with Crippen LogP contribution in [-0.4, -0.2) is 56.3 Å². The first kappa shape index (κ1) is 27.6. The van der Waals surface area contributed by atoms with Crippen molar-refractivity contribution in [2.24, 2.45) is 0 Å². The van der Waals surface area contributed by atoms with E-state index in [2.05, 4.69) is 5.32 Å². The van der Waals surface area contributed by atoms with E-state index in [9.17, 15) is 18.0 Å². The molecular weight excluding hydrogens is 506 g/mol. The molecule has 1 atom stereocenters. The quantitative estimate of drug-likeness (QED) is 0.470. The van der Waals surface area contributed by atoms with Crippen molar-refractivity contribution in [2.45, 2.75) is 52.7 Å². The van der Waals surface area contributed by atoms with E-state index in [0.29, 0.717) is 22.9 Å². The van der Waals surface area contributed by atoms with E-state index >= 15 is 0 Å². The fourth-order valence-corrected chi connectivity index (χ4v) is 5.03. The number of nitrogens with zero attached hydrogens (tertiary/aromatic N) is 2. The number of halogens is 1. The molecule has 36 heavy (non-hydrogen) atoms. The van der Waals surface area contributed by atoms with Crippen LogP contribution in [0.4, 0.5) is 5.69 Å². The molecule has 2 aromatic rings. The van der Waals surface area contributed by atoms with E-state index in [0.717, 1.165) is 9.87 Å². The zero-order chi connectivity index (χ0) is 26.5. The van der Waals surface area contributed by atoms with Gasteiger partial charge < -0.3 is 19.7 Å². The normalized spacial score (nSPS) is 13.4. The standard InChI is InChI=1S/C25H32ClN3O6S/c1-5-21(25(31)27-17(3)4)28(14-18-7-9-19(26)10-8-18)24(30)15-29(36(32,33)6-2)20-11-12-22-23(13-20)35-16-34-22/h7-13,17,21H,5-6,14-16H2,1-4H3,(H,27,31). The summed E-state index contributed by atoms with van der Waals surface area (Å²) in [5, 5.41) is 3.41. The average molecular weight is 538 g/mol. The third-order valence-corrected chi connectivity index (χ3v) is 7.70. The van der Waals surface area contributed by atoms with Crippen molar-refractivity contribution in [2.75, 3.05) is 23.4 Å². The van der Waals surface area contributed by atoms with Crippen LogP contribution in [0.15, 0.2) is 42.5 Å². The molecule has 9 nitrogen and oxygen atoms in total. The van der Waals surface area contributed by atoms with Gasteiger partial charge in [0.2, 0.25) is 28.6 Å². The Morgan fingerprint density at radius 3 is 2.33 bits per heavy atom. The Balaban J connectivity index is 1.97. The minimum Gasteiger partial charge on any atom is -0.454 e. The smallest absolute Gasteiger partial charge is 0.244 e. The number of ether oxygens (including phenoxy) is 2. The van der Waals surface area contributed by atoms with E-state index in [1.807, 2.05) is 20.8 Å². The number of benzene rings is 2. The second kappa shape index (κ2) is 11.8. The fourth-order valence-electron chi connectivity index (χ4n) is 3.85. The number of fused-ring (bicyclic) bond motifs is 1. The third kappa shape index (κ3) is 6.61. The molecule has 0 saturated carbocycles. The minimum atomic E-state index is -3.84. The van der Waals surface area contributed by atoms with E-state index in [1.165, 1.54) is 17.9 Å². The Labute approximate surface area is 217 Å². The lowest BCUT2D eigenvalue weighted by Crippen LogP contribution is -2.53. The van der Waals surface area contributed by atoms with Gasteiger partial charge in [0.25, 0.3) is 0 Å². The number of sulfonamides is 1. The van der Waals surface area contributed by atoms with Crippen LogP contribution in [-0.2, 0) is 26.2 Å². The molecule has 0 bridgehead atoms. The maximum absolute atomic E-state index is 13.7. The second-order valence-corrected chi connectivity index (χ2v) is 11.3. The number of hydrogen-bond acceptors (Lipinski definition) is 6. The van der Waals surface area contributed by atoms with E-state index in [1.54, 1.807) is 36.4 Å². The Bertz CT molecular complexity index is 1190. The predicted molar refractivity (Wildman–Crippen MR) is 139 cm³/mol. The molecule has 1 N–H and O–H groups in total. The molecule has 1 aliphatic rings. The molecule has 0 aromatic heterocycles. The lowest BCUT2D eigenvalue weighted by molar-refractivity contribution is -0.140. The van der Waals surface area contributed by atoms with Gasteiger partial charge in [-0.05, 0) is 57.0 Å². The molecule has 1 heterocycles. The number of nitrogens with one attached hydrogen (secondary N) is 1. The Kier molecular flexibility index (Phi) is 9.08. The summed E-state index contributed by atoms with van der Waals surface area (Å²) in [6.07, 6.45) is 0.350. The Morgan fingerprint density at radius 2 is 1.72 bits per heavy atom. The molecule has 1 aliphatic heterocycles. The zero-order valence-corrected chi connectivity index (χ0v) is 22.4. The highest BCUT2D eigenvalue weighted by Crippen LogP contribution is 2.36. The van der Waals surface area contributed by atoms with Gasteiger partial charge in [0, 0.05) is 23.7 Å². The first-order valence-electron chi connectivity index (χ1n) is 11.8. The van der Waals surface area contributed by atoms with Crippen LogP contribution in [0.3, 0.4) is 0 Å². The van der Waals surface area contributed by atoms with Crippen molar-refractivity contribution in [3.63, 3.8) is 0 Å². The van der Waals surface area contributed by atoms with Crippen LogP contribution in [0.25, 0.3) is 0 Å². The minimum absolute atomic E-state index is 0.0380. The van der Waals surface area contributed by atoms with Gasteiger partial charge in [-0.25, -0.2) is 8.42 Å². The van der Waals surface area contributed by atoms with Gasteiger partial charge in [-0.2, -0.15) is 0 Å². The Morgan fingerprint density at radius 1 is 1.06 bits per heavy atom. The predicted octanol–water partition coefficient (Wildman–Crippen LogP) is 3.56. The van der Waals surface area contributed by atoms with Crippen LogP contribution in [0.5, 0.6) is 11.5 Å². The van der Waals surface area contributed by atoms with Gasteiger partial charge in [-0.15, -0.1) is 0 Å². The zero-order valence-electron chi connectivity index (χ0n) is 20.9. The SMILES string of the molecule is CCC(C(=O)NC(C)C)N(Cc1ccc(Cl)cc1)C(=O)CN(c1ccc2c(c1)OCO2)S(=O)(=O)CC. The molecule has 3 rings (SSSR count). The summed E-state index contributed by atoms with van der Waals surface area (Å²) < 4.78 is 37.9. The van der Waals surface area contributed by atoms with Gasteiger partial charge >= 0.3 is 0 Å². The van der Waals surface area contributed by atoms with E-state index in [-0.39, 0.29) is 36.7 Å². The number of rotatable bonds is 11. The summed E-state index contributed by atoms with van der Waals surface area (Å²) in [6, 6.07) is 10.8. The molecular formula is C25H32ClN3O6S. The first-order valence-corrected chi connectivity index (χ1v) is 13.8. The third-order valence-electron chi connectivity index (χ3n) is 5.71. The van der Waals surface area contributed by atoms with E-state index < -0.39 is 28.5 Å². The summed E-state index contributed by atoms with van der Waals surface area (Å²) in [6.45, 7) is 6.67. The molecule has 0 saturated heterocycles. The van der Waals surface area contributed by atoms with Crippen molar-refractivity contribution in [1.82, 2.24) is 10.2 Å². The topological polar surface area (TPSA) is 105 Å². The summed E-state index contributed by atoms with van der Waals surface area (Å²) >= 11 is 6.01. The number of anilines is 1. The molecule has 0 radical (unpaired) electrons. The number of carbonyl (C=O) groups excluding carboxylic acids is 2. The molecule has 196 valence electrons. The first-order chi connectivity index (χ1) is 17.1. The summed E-state index contributed by atoms with van der Waals surface area (Å²) in [7, 11) is -3.84. The average Bonchev–Trinajstić information content (AvgIpc) is 3.31. The summed E-state index contributed by atoms with van der Waals surface area (Å²) in [5.41, 5.74) is 1.04. The van der Waals surface area contributed by atoms with Gasteiger partial charge in [0.05, 0.1) is 11.4 Å². The van der Waals surface area contributed by atoms with Crippen molar-refractivity contribution in [1.29, 1.82) is 0 Å². The van der Waals surface area contributed by atoms with Gasteiger partial charge in [-0.1, -0.05) is 30.7 Å². The lowest BCUT2D eigenvalue weighted by Gasteiger charge is -2.33. The van der Waals surface area contributed by atoms with E-state index in [4.69, 9.17) is 21.1 Å². The van der Waals surface area contributed by atoms with Crippen molar-refractivity contribution < 1.29 is 27.5 Å². The Hall–Kier alpha value is -2.98. The second-order valence-electron chi connectivity index (χ2n) is 8.68. The van der Waals surface area contributed by atoms with Crippen molar-refractivity contribution in [3.8, 4) is 11.5 Å². The molecule has 2 amide bonds.